The van der Waals surface area contributed by atoms with Crippen LogP contribution in [-0.2, 0) is 18.9 Å². The summed E-state index contributed by atoms with van der Waals surface area (Å²) in [4.78, 5) is 0. The molecule has 4 nitrogen and oxygen atoms in total. The molecule has 0 N–H and O–H groups in total. The number of rotatable bonds is 5. The second-order valence-corrected chi connectivity index (χ2v) is 3.97. The molecular formula is C10H20O4. The van der Waals surface area contributed by atoms with E-state index in [1.165, 1.54) is 0 Å². The largest absolute Gasteiger partial charge is 0.382 e. The van der Waals surface area contributed by atoms with Gasteiger partial charge in [0.05, 0.1) is 25.4 Å². The van der Waals surface area contributed by atoms with E-state index in [1.54, 1.807) is 14.2 Å². The summed E-state index contributed by atoms with van der Waals surface area (Å²) in [5.74, 6) is 0. The van der Waals surface area contributed by atoms with Crippen molar-refractivity contribution in [1.82, 2.24) is 0 Å². The average Bonchev–Trinajstić information content (AvgIpc) is 2.43. The third-order valence-electron chi connectivity index (χ3n) is 2.53. The first-order chi connectivity index (χ1) is 6.61. The fraction of sp³-hybridized carbons (Fsp3) is 1.00. The molecule has 0 bridgehead atoms. The predicted octanol–water partition coefficient (Wildman–Crippen LogP) is 0.842. The Morgan fingerprint density at radius 2 is 2.00 bits per heavy atom. The molecule has 0 aromatic carbocycles. The zero-order valence-corrected chi connectivity index (χ0v) is 9.41. The van der Waals surface area contributed by atoms with Crippen molar-refractivity contribution in [2.24, 2.45) is 0 Å². The molecule has 1 fully saturated rings. The van der Waals surface area contributed by atoms with Crippen molar-refractivity contribution in [1.29, 1.82) is 0 Å². The minimum absolute atomic E-state index is 0.0114. The summed E-state index contributed by atoms with van der Waals surface area (Å²) >= 11 is 0. The lowest BCUT2D eigenvalue weighted by molar-refractivity contribution is -0.0926. The quantitative estimate of drug-likeness (QED) is 0.622. The van der Waals surface area contributed by atoms with E-state index in [4.69, 9.17) is 18.9 Å². The first kappa shape index (κ1) is 11.9. The molecule has 0 radical (unpaired) electrons. The molecular weight excluding hydrogens is 184 g/mol. The van der Waals surface area contributed by atoms with E-state index in [1.807, 2.05) is 13.8 Å². The summed E-state index contributed by atoms with van der Waals surface area (Å²) in [7, 11) is 3.34. The lowest BCUT2D eigenvalue weighted by Gasteiger charge is -2.27. The number of hydrogen-bond acceptors (Lipinski definition) is 4. The van der Waals surface area contributed by atoms with Crippen molar-refractivity contribution in [2.45, 2.75) is 31.7 Å². The van der Waals surface area contributed by atoms with Crippen LogP contribution in [0, 0.1) is 0 Å². The molecule has 1 aliphatic heterocycles. The Kier molecular flexibility index (Phi) is 4.31. The van der Waals surface area contributed by atoms with Gasteiger partial charge in [0, 0.05) is 14.2 Å². The van der Waals surface area contributed by atoms with Crippen molar-refractivity contribution in [3.8, 4) is 0 Å². The van der Waals surface area contributed by atoms with Gasteiger partial charge < -0.3 is 18.9 Å². The summed E-state index contributed by atoms with van der Waals surface area (Å²) < 4.78 is 21.5. The van der Waals surface area contributed by atoms with Gasteiger partial charge in [-0.25, -0.2) is 0 Å². The Labute approximate surface area is 85.5 Å². The Morgan fingerprint density at radius 1 is 1.29 bits per heavy atom. The van der Waals surface area contributed by atoms with Gasteiger partial charge >= 0.3 is 0 Å². The van der Waals surface area contributed by atoms with Crippen molar-refractivity contribution in [3.63, 3.8) is 0 Å². The molecule has 1 aliphatic rings. The second kappa shape index (κ2) is 5.07. The highest BCUT2D eigenvalue weighted by atomic mass is 16.6. The zero-order chi connectivity index (χ0) is 10.6. The van der Waals surface area contributed by atoms with Gasteiger partial charge in [-0.05, 0) is 13.8 Å². The highest BCUT2D eigenvalue weighted by Gasteiger charge is 2.44. The maximum Gasteiger partial charge on any atom is 0.114 e. The molecule has 84 valence electrons. The van der Waals surface area contributed by atoms with Crippen molar-refractivity contribution in [3.05, 3.63) is 0 Å². The molecule has 0 aromatic rings. The summed E-state index contributed by atoms with van der Waals surface area (Å²) in [5.41, 5.74) is -0.269. The zero-order valence-electron chi connectivity index (χ0n) is 9.41. The standard InChI is InChI=1S/C10H20O4/c1-10(2)9(13-6-5-11-3)8(12-4)7-14-10/h8-9H,5-7H2,1-4H3. The van der Waals surface area contributed by atoms with Crippen LogP contribution in [0.25, 0.3) is 0 Å². The van der Waals surface area contributed by atoms with Crippen LogP contribution in [0.2, 0.25) is 0 Å². The van der Waals surface area contributed by atoms with Crippen molar-refractivity contribution < 1.29 is 18.9 Å². The number of hydrogen-bond donors (Lipinski definition) is 0. The minimum atomic E-state index is -0.269. The highest BCUT2D eigenvalue weighted by molar-refractivity contribution is 4.93. The van der Waals surface area contributed by atoms with Crippen LogP contribution in [0.1, 0.15) is 13.8 Å². The van der Waals surface area contributed by atoms with Crippen molar-refractivity contribution in [2.75, 3.05) is 34.0 Å². The summed E-state index contributed by atoms with van der Waals surface area (Å²) in [6, 6.07) is 0. The van der Waals surface area contributed by atoms with E-state index >= 15 is 0 Å². The Bertz CT molecular complexity index is 170. The molecule has 1 saturated heterocycles. The third-order valence-corrected chi connectivity index (χ3v) is 2.53. The topological polar surface area (TPSA) is 36.9 Å². The Morgan fingerprint density at radius 3 is 2.57 bits per heavy atom. The monoisotopic (exact) mass is 204 g/mol. The van der Waals surface area contributed by atoms with Gasteiger partial charge in [-0.1, -0.05) is 0 Å². The van der Waals surface area contributed by atoms with Crippen LogP contribution >= 0.6 is 0 Å². The van der Waals surface area contributed by atoms with Gasteiger partial charge in [0.2, 0.25) is 0 Å². The molecule has 1 heterocycles. The van der Waals surface area contributed by atoms with Gasteiger partial charge in [0.1, 0.15) is 12.2 Å². The molecule has 2 atom stereocenters. The lowest BCUT2D eigenvalue weighted by atomic mass is 10.0. The van der Waals surface area contributed by atoms with Gasteiger partial charge in [-0.2, -0.15) is 0 Å². The lowest BCUT2D eigenvalue weighted by Crippen LogP contribution is -2.41. The molecule has 0 spiro atoms. The molecule has 4 heteroatoms. The third kappa shape index (κ3) is 2.67. The van der Waals surface area contributed by atoms with Crippen LogP contribution in [-0.4, -0.2) is 51.8 Å². The van der Waals surface area contributed by atoms with Crippen LogP contribution < -0.4 is 0 Å². The fourth-order valence-corrected chi connectivity index (χ4v) is 1.67. The second-order valence-electron chi connectivity index (χ2n) is 3.97. The first-order valence-electron chi connectivity index (χ1n) is 4.89. The average molecular weight is 204 g/mol. The van der Waals surface area contributed by atoms with Gasteiger partial charge in [-0.15, -0.1) is 0 Å². The summed E-state index contributed by atoms with van der Waals surface area (Å²) in [5, 5.41) is 0. The molecule has 14 heavy (non-hydrogen) atoms. The van der Waals surface area contributed by atoms with E-state index in [0.717, 1.165) is 0 Å². The Balaban J connectivity index is 2.43. The minimum Gasteiger partial charge on any atom is -0.382 e. The maximum absolute atomic E-state index is 5.69. The smallest absolute Gasteiger partial charge is 0.114 e. The molecule has 2 unspecified atom stereocenters. The van der Waals surface area contributed by atoms with Crippen LogP contribution in [0.3, 0.4) is 0 Å². The van der Waals surface area contributed by atoms with E-state index in [-0.39, 0.29) is 17.8 Å². The normalized spacial score (nSPS) is 30.9. The molecule has 1 rings (SSSR count). The summed E-state index contributed by atoms with van der Waals surface area (Å²) in [6.07, 6.45) is 0.0181. The SMILES string of the molecule is COCCOC1C(OC)COC1(C)C. The number of ether oxygens (including phenoxy) is 4. The molecule has 0 saturated carbocycles. The van der Waals surface area contributed by atoms with Crippen molar-refractivity contribution >= 4 is 0 Å². The van der Waals surface area contributed by atoms with E-state index in [9.17, 15) is 0 Å². The van der Waals surface area contributed by atoms with E-state index in [2.05, 4.69) is 0 Å². The Hall–Kier alpha value is -0.160. The van der Waals surface area contributed by atoms with Crippen LogP contribution in [0.5, 0.6) is 0 Å². The number of methoxy groups -OCH3 is 2. The van der Waals surface area contributed by atoms with E-state index in [0.29, 0.717) is 19.8 Å². The highest BCUT2D eigenvalue weighted by Crippen LogP contribution is 2.29. The maximum atomic E-state index is 5.69. The van der Waals surface area contributed by atoms with Gasteiger partial charge in [0.15, 0.2) is 0 Å². The van der Waals surface area contributed by atoms with Crippen LogP contribution in [0.4, 0.5) is 0 Å². The summed E-state index contributed by atoms with van der Waals surface area (Å²) in [6.45, 7) is 5.81. The van der Waals surface area contributed by atoms with Gasteiger partial charge in [-0.3, -0.25) is 0 Å². The van der Waals surface area contributed by atoms with E-state index < -0.39 is 0 Å². The van der Waals surface area contributed by atoms with Crippen LogP contribution in [0.15, 0.2) is 0 Å². The molecule has 0 aliphatic carbocycles. The molecule has 0 aromatic heterocycles. The first-order valence-corrected chi connectivity index (χ1v) is 4.89. The van der Waals surface area contributed by atoms with Gasteiger partial charge in [0.25, 0.3) is 0 Å². The predicted molar refractivity (Wildman–Crippen MR) is 52.4 cm³/mol. The molecule has 0 amide bonds. The fourth-order valence-electron chi connectivity index (χ4n) is 1.67.